The Morgan fingerprint density at radius 2 is 2.12 bits per heavy atom. The summed E-state index contributed by atoms with van der Waals surface area (Å²) in [6.07, 6.45) is 2.46. The summed E-state index contributed by atoms with van der Waals surface area (Å²) in [5.74, 6) is -0.145. The standard InChI is InChI=1S/C14H19NO2/c1-3-15-14(13(16)17-2)9-8-11-6-4-5-7-12(11)10-14/h4-7,15H,3,8-10H2,1-2H3. The Kier molecular flexibility index (Phi) is 3.48. The molecule has 0 aromatic heterocycles. The average Bonchev–Trinajstić information content (AvgIpc) is 2.38. The van der Waals surface area contributed by atoms with Gasteiger partial charge >= 0.3 is 5.97 Å². The van der Waals surface area contributed by atoms with Gasteiger partial charge in [-0.2, -0.15) is 0 Å². The van der Waals surface area contributed by atoms with Crippen molar-refractivity contribution >= 4 is 5.97 Å². The van der Waals surface area contributed by atoms with E-state index in [1.54, 1.807) is 0 Å². The zero-order valence-electron chi connectivity index (χ0n) is 10.5. The Labute approximate surface area is 102 Å². The monoisotopic (exact) mass is 233 g/mol. The number of fused-ring (bicyclic) bond motifs is 1. The van der Waals surface area contributed by atoms with E-state index in [1.165, 1.54) is 18.2 Å². The fourth-order valence-electron chi connectivity index (χ4n) is 2.67. The molecule has 0 bridgehead atoms. The molecule has 0 heterocycles. The van der Waals surface area contributed by atoms with E-state index in [4.69, 9.17) is 4.74 Å². The first-order chi connectivity index (χ1) is 8.22. The second-order valence-electron chi connectivity index (χ2n) is 4.55. The molecule has 0 aliphatic heterocycles. The fraction of sp³-hybridized carbons (Fsp3) is 0.500. The van der Waals surface area contributed by atoms with Crippen LogP contribution in [0.5, 0.6) is 0 Å². The van der Waals surface area contributed by atoms with Crippen LogP contribution in [0.2, 0.25) is 0 Å². The molecule has 0 saturated heterocycles. The lowest BCUT2D eigenvalue weighted by atomic mass is 9.78. The number of hydrogen-bond acceptors (Lipinski definition) is 3. The number of ether oxygens (including phenoxy) is 1. The van der Waals surface area contributed by atoms with Crippen molar-refractivity contribution in [3.8, 4) is 0 Å². The van der Waals surface area contributed by atoms with Crippen molar-refractivity contribution in [2.45, 2.75) is 31.7 Å². The number of hydrogen-bond donors (Lipinski definition) is 1. The smallest absolute Gasteiger partial charge is 0.326 e. The Hall–Kier alpha value is -1.35. The topological polar surface area (TPSA) is 38.3 Å². The molecule has 1 aromatic rings. The number of likely N-dealkylation sites (N-methyl/N-ethyl adjacent to an activating group) is 1. The second-order valence-corrected chi connectivity index (χ2v) is 4.55. The maximum Gasteiger partial charge on any atom is 0.326 e. The van der Waals surface area contributed by atoms with Gasteiger partial charge in [-0.15, -0.1) is 0 Å². The molecule has 0 fully saturated rings. The number of rotatable bonds is 3. The van der Waals surface area contributed by atoms with Crippen molar-refractivity contribution in [3.63, 3.8) is 0 Å². The van der Waals surface area contributed by atoms with Crippen LogP contribution < -0.4 is 5.32 Å². The molecule has 3 heteroatoms. The summed E-state index contributed by atoms with van der Waals surface area (Å²) in [5, 5.41) is 3.32. The van der Waals surface area contributed by atoms with Gasteiger partial charge in [0, 0.05) is 6.42 Å². The summed E-state index contributed by atoms with van der Waals surface area (Å²) in [7, 11) is 1.46. The van der Waals surface area contributed by atoms with E-state index in [0.29, 0.717) is 0 Å². The molecule has 3 nitrogen and oxygen atoms in total. The van der Waals surface area contributed by atoms with E-state index in [0.717, 1.165) is 25.8 Å². The molecule has 0 spiro atoms. The maximum atomic E-state index is 12.0. The molecular weight excluding hydrogens is 214 g/mol. The van der Waals surface area contributed by atoms with Gasteiger partial charge in [0.05, 0.1) is 7.11 Å². The Morgan fingerprint density at radius 1 is 1.41 bits per heavy atom. The quantitative estimate of drug-likeness (QED) is 0.807. The third-order valence-electron chi connectivity index (χ3n) is 3.52. The summed E-state index contributed by atoms with van der Waals surface area (Å²) in [6.45, 7) is 2.79. The van der Waals surface area contributed by atoms with Gasteiger partial charge in [0.15, 0.2) is 0 Å². The SMILES string of the molecule is CCNC1(C(=O)OC)CCc2ccccc2C1. The third-order valence-corrected chi connectivity index (χ3v) is 3.52. The second kappa shape index (κ2) is 4.88. The van der Waals surface area contributed by atoms with Crippen LogP contribution in [-0.2, 0) is 22.4 Å². The minimum absolute atomic E-state index is 0.145. The molecule has 0 radical (unpaired) electrons. The molecule has 1 aromatic carbocycles. The van der Waals surface area contributed by atoms with Crippen LogP contribution in [0.25, 0.3) is 0 Å². The summed E-state index contributed by atoms with van der Waals surface area (Å²) < 4.78 is 4.96. The summed E-state index contributed by atoms with van der Waals surface area (Å²) in [4.78, 5) is 12.0. The largest absolute Gasteiger partial charge is 0.468 e. The van der Waals surface area contributed by atoms with E-state index in [1.807, 2.05) is 13.0 Å². The molecule has 17 heavy (non-hydrogen) atoms. The zero-order valence-corrected chi connectivity index (χ0v) is 10.5. The van der Waals surface area contributed by atoms with Crippen LogP contribution in [0.15, 0.2) is 24.3 Å². The molecule has 1 unspecified atom stereocenters. The van der Waals surface area contributed by atoms with Gasteiger partial charge in [0.1, 0.15) is 5.54 Å². The van der Waals surface area contributed by atoms with Crippen LogP contribution in [-0.4, -0.2) is 25.2 Å². The Morgan fingerprint density at radius 3 is 2.76 bits per heavy atom. The van der Waals surface area contributed by atoms with Crippen molar-refractivity contribution < 1.29 is 9.53 Å². The molecular formula is C14H19NO2. The molecule has 1 atom stereocenters. The van der Waals surface area contributed by atoms with E-state index >= 15 is 0 Å². The summed E-state index contributed by atoms with van der Waals surface area (Å²) in [6, 6.07) is 8.32. The average molecular weight is 233 g/mol. The van der Waals surface area contributed by atoms with E-state index in [2.05, 4.69) is 23.5 Å². The highest BCUT2D eigenvalue weighted by Gasteiger charge is 2.41. The van der Waals surface area contributed by atoms with Crippen LogP contribution in [0.3, 0.4) is 0 Å². The van der Waals surface area contributed by atoms with Gasteiger partial charge in [0.2, 0.25) is 0 Å². The summed E-state index contributed by atoms with van der Waals surface area (Å²) >= 11 is 0. The number of methoxy groups -OCH3 is 1. The van der Waals surface area contributed by atoms with Crippen LogP contribution in [0.4, 0.5) is 0 Å². The number of benzene rings is 1. The molecule has 92 valence electrons. The first-order valence-electron chi connectivity index (χ1n) is 6.12. The van der Waals surface area contributed by atoms with Crippen molar-refractivity contribution in [1.82, 2.24) is 5.32 Å². The number of carbonyl (C=O) groups excluding carboxylic acids is 1. The van der Waals surface area contributed by atoms with E-state index in [9.17, 15) is 4.79 Å². The number of nitrogens with one attached hydrogen (secondary N) is 1. The van der Waals surface area contributed by atoms with Crippen LogP contribution in [0.1, 0.15) is 24.5 Å². The predicted molar refractivity (Wildman–Crippen MR) is 66.9 cm³/mol. The van der Waals surface area contributed by atoms with Gasteiger partial charge in [-0.3, -0.25) is 4.79 Å². The molecule has 2 rings (SSSR count). The van der Waals surface area contributed by atoms with Gasteiger partial charge in [-0.1, -0.05) is 31.2 Å². The molecule has 1 N–H and O–H groups in total. The van der Waals surface area contributed by atoms with Crippen molar-refractivity contribution in [1.29, 1.82) is 0 Å². The highest BCUT2D eigenvalue weighted by atomic mass is 16.5. The fourth-order valence-corrected chi connectivity index (χ4v) is 2.67. The first-order valence-corrected chi connectivity index (χ1v) is 6.12. The Balaban J connectivity index is 2.30. The highest BCUT2D eigenvalue weighted by molar-refractivity contribution is 5.81. The molecule has 0 amide bonds. The highest BCUT2D eigenvalue weighted by Crippen LogP contribution is 2.29. The molecule has 1 aliphatic rings. The van der Waals surface area contributed by atoms with Crippen molar-refractivity contribution in [2.75, 3.05) is 13.7 Å². The normalized spacial score (nSPS) is 22.9. The van der Waals surface area contributed by atoms with E-state index < -0.39 is 5.54 Å². The lowest BCUT2D eigenvalue weighted by Crippen LogP contribution is -2.56. The summed E-state index contributed by atoms with van der Waals surface area (Å²) in [5.41, 5.74) is 2.08. The van der Waals surface area contributed by atoms with Crippen molar-refractivity contribution in [3.05, 3.63) is 35.4 Å². The zero-order chi connectivity index (χ0) is 12.3. The van der Waals surface area contributed by atoms with Crippen molar-refractivity contribution in [2.24, 2.45) is 0 Å². The number of esters is 1. The van der Waals surface area contributed by atoms with Crippen LogP contribution in [0, 0.1) is 0 Å². The lowest BCUT2D eigenvalue weighted by Gasteiger charge is -2.36. The van der Waals surface area contributed by atoms with Crippen LogP contribution >= 0.6 is 0 Å². The Bertz CT molecular complexity index is 416. The molecule has 1 aliphatic carbocycles. The predicted octanol–water partition coefficient (Wildman–Crippen LogP) is 1.70. The minimum Gasteiger partial charge on any atom is -0.468 e. The number of aryl methyl sites for hydroxylation is 1. The van der Waals surface area contributed by atoms with Gasteiger partial charge in [-0.25, -0.2) is 0 Å². The molecule has 0 saturated carbocycles. The van der Waals surface area contributed by atoms with Gasteiger partial charge in [0.25, 0.3) is 0 Å². The minimum atomic E-state index is -0.530. The van der Waals surface area contributed by atoms with Gasteiger partial charge in [-0.05, 0) is 30.5 Å². The maximum absolute atomic E-state index is 12.0. The van der Waals surface area contributed by atoms with E-state index in [-0.39, 0.29) is 5.97 Å². The van der Waals surface area contributed by atoms with Gasteiger partial charge < -0.3 is 10.1 Å². The first kappa shape index (κ1) is 12.1. The number of carbonyl (C=O) groups is 1. The third kappa shape index (κ3) is 2.20. The lowest BCUT2D eigenvalue weighted by molar-refractivity contribution is -0.149.